The molecule has 1 aliphatic heterocycles. The van der Waals surface area contributed by atoms with Crippen molar-refractivity contribution in [1.29, 1.82) is 0 Å². The van der Waals surface area contributed by atoms with Crippen LogP contribution in [-0.2, 0) is 10.2 Å². The van der Waals surface area contributed by atoms with Crippen molar-refractivity contribution in [2.24, 2.45) is 10.4 Å². The first-order valence-corrected chi connectivity index (χ1v) is 10.3. The summed E-state index contributed by atoms with van der Waals surface area (Å²) in [5, 5.41) is 16.2. The number of benzene rings is 1. The van der Waals surface area contributed by atoms with Crippen LogP contribution >= 0.6 is 24.0 Å². The summed E-state index contributed by atoms with van der Waals surface area (Å²) in [5.74, 6) is 2.23. The number of aliphatic hydroxyl groups is 1. The number of methoxy groups -OCH3 is 2. The van der Waals surface area contributed by atoms with Crippen LogP contribution in [0.25, 0.3) is 0 Å². The molecule has 1 fully saturated rings. The molecular weight excluding hydrogens is 497 g/mol. The molecule has 0 aliphatic carbocycles. The van der Waals surface area contributed by atoms with E-state index in [0.717, 1.165) is 55.6 Å². The number of rotatable bonds is 10. The summed E-state index contributed by atoms with van der Waals surface area (Å²) in [5.41, 5.74) is 0.931. The van der Waals surface area contributed by atoms with Crippen molar-refractivity contribution in [3.05, 3.63) is 23.8 Å². The quantitative estimate of drug-likeness (QED) is 0.243. The second-order valence-corrected chi connectivity index (χ2v) is 8.28. The highest BCUT2D eigenvalue weighted by Crippen LogP contribution is 2.33. The molecule has 3 N–H and O–H groups in total. The Bertz CT molecular complexity index is 676. The Kier molecular flexibility index (Phi) is 11.2. The summed E-state index contributed by atoms with van der Waals surface area (Å²) in [7, 11) is 3.29. The van der Waals surface area contributed by atoms with Gasteiger partial charge in [0.1, 0.15) is 0 Å². The predicted octanol–water partition coefficient (Wildman–Crippen LogP) is 2.94. The van der Waals surface area contributed by atoms with Crippen LogP contribution in [0.5, 0.6) is 11.5 Å². The molecule has 7 nitrogen and oxygen atoms in total. The molecule has 1 aliphatic rings. The average molecular weight is 535 g/mol. The van der Waals surface area contributed by atoms with Gasteiger partial charge in [0.25, 0.3) is 0 Å². The molecule has 1 aromatic carbocycles. The van der Waals surface area contributed by atoms with Gasteiger partial charge in [0, 0.05) is 37.1 Å². The number of hydrogen-bond acceptors (Lipinski definition) is 5. The second-order valence-electron chi connectivity index (χ2n) is 8.28. The monoisotopic (exact) mass is 535 g/mol. The van der Waals surface area contributed by atoms with E-state index in [1.807, 2.05) is 12.1 Å². The van der Waals surface area contributed by atoms with Crippen molar-refractivity contribution < 1.29 is 19.3 Å². The fraction of sp³-hybridized carbons (Fsp3) is 0.682. The zero-order valence-corrected chi connectivity index (χ0v) is 21.2. The molecule has 0 amide bonds. The zero-order valence-electron chi connectivity index (χ0n) is 18.9. The number of guanidine groups is 1. The third kappa shape index (κ3) is 7.16. The molecule has 0 saturated carbocycles. The van der Waals surface area contributed by atoms with Gasteiger partial charge < -0.3 is 30.0 Å². The molecule has 0 spiro atoms. The Morgan fingerprint density at radius 2 is 1.97 bits per heavy atom. The van der Waals surface area contributed by atoms with Crippen LogP contribution in [-0.4, -0.2) is 64.7 Å². The third-order valence-corrected chi connectivity index (χ3v) is 5.60. The SMILES string of the molecule is CCNC(=NCC(C)(C)c1ccc(OC)c(OC)c1)NCC1(CCO)CCOC1.I. The van der Waals surface area contributed by atoms with Gasteiger partial charge in [-0.15, -0.1) is 24.0 Å². The highest BCUT2D eigenvalue weighted by molar-refractivity contribution is 14.0. The van der Waals surface area contributed by atoms with E-state index in [-0.39, 0.29) is 41.4 Å². The Hall–Kier alpha value is -1.26. The molecule has 172 valence electrons. The molecule has 30 heavy (non-hydrogen) atoms. The van der Waals surface area contributed by atoms with E-state index in [9.17, 15) is 5.11 Å². The predicted molar refractivity (Wildman–Crippen MR) is 132 cm³/mol. The lowest BCUT2D eigenvalue weighted by Gasteiger charge is -2.28. The summed E-state index contributed by atoms with van der Waals surface area (Å²) in [6.07, 6.45) is 1.69. The maximum absolute atomic E-state index is 9.43. The summed E-state index contributed by atoms with van der Waals surface area (Å²) in [6.45, 7) is 10.1. The van der Waals surface area contributed by atoms with Crippen LogP contribution in [0.1, 0.15) is 39.2 Å². The fourth-order valence-electron chi connectivity index (χ4n) is 3.55. The van der Waals surface area contributed by atoms with Gasteiger partial charge in [-0.1, -0.05) is 19.9 Å². The van der Waals surface area contributed by atoms with Crippen molar-refractivity contribution in [2.75, 3.05) is 53.7 Å². The number of aliphatic imine (C=N–C) groups is 1. The maximum atomic E-state index is 9.43. The minimum atomic E-state index is -0.179. The molecule has 0 aromatic heterocycles. The van der Waals surface area contributed by atoms with Crippen LogP contribution in [0.4, 0.5) is 0 Å². The Labute approximate surface area is 198 Å². The number of hydrogen-bond donors (Lipinski definition) is 3. The molecular formula is C22H38IN3O4. The minimum absolute atomic E-state index is 0. The van der Waals surface area contributed by atoms with Gasteiger partial charge in [0.15, 0.2) is 17.5 Å². The van der Waals surface area contributed by atoms with Gasteiger partial charge in [-0.25, -0.2) is 0 Å². The molecule has 2 rings (SSSR count). The molecule has 1 aromatic rings. The van der Waals surface area contributed by atoms with Crippen LogP contribution in [0, 0.1) is 5.41 Å². The highest BCUT2D eigenvalue weighted by Gasteiger charge is 2.34. The van der Waals surface area contributed by atoms with Crippen LogP contribution in [0.3, 0.4) is 0 Å². The van der Waals surface area contributed by atoms with Gasteiger partial charge in [-0.2, -0.15) is 0 Å². The first-order chi connectivity index (χ1) is 13.9. The highest BCUT2D eigenvalue weighted by atomic mass is 127. The Morgan fingerprint density at radius 1 is 1.23 bits per heavy atom. The second kappa shape index (κ2) is 12.6. The topological polar surface area (TPSA) is 84.3 Å². The van der Waals surface area contributed by atoms with Crippen molar-refractivity contribution in [2.45, 2.75) is 39.0 Å². The van der Waals surface area contributed by atoms with Gasteiger partial charge >= 0.3 is 0 Å². The van der Waals surface area contributed by atoms with Gasteiger partial charge in [0.05, 0.1) is 27.4 Å². The number of nitrogens with one attached hydrogen (secondary N) is 2. The standard InChI is InChI=1S/C22H37N3O4.HI/c1-6-23-20(25-15-22(9-11-26)10-12-29-16-22)24-14-21(2,3)17-7-8-18(27-4)19(13-17)28-5;/h7-8,13,26H,6,9-12,14-16H2,1-5H3,(H2,23,24,25);1H. The number of nitrogens with zero attached hydrogens (tertiary/aromatic N) is 1. The molecule has 8 heteroatoms. The Morgan fingerprint density at radius 3 is 2.53 bits per heavy atom. The van der Waals surface area contributed by atoms with E-state index in [0.29, 0.717) is 13.2 Å². The van der Waals surface area contributed by atoms with Gasteiger partial charge in [0.2, 0.25) is 0 Å². The summed E-state index contributed by atoms with van der Waals surface area (Å²) in [4.78, 5) is 4.83. The lowest BCUT2D eigenvalue weighted by atomic mass is 9.84. The molecule has 1 saturated heterocycles. The third-order valence-electron chi connectivity index (χ3n) is 5.60. The lowest BCUT2D eigenvalue weighted by Crippen LogP contribution is -2.45. The van der Waals surface area contributed by atoms with E-state index in [1.165, 1.54) is 0 Å². The average Bonchev–Trinajstić information content (AvgIpc) is 3.18. The molecule has 0 radical (unpaired) electrons. The van der Waals surface area contributed by atoms with E-state index in [2.05, 4.69) is 37.5 Å². The van der Waals surface area contributed by atoms with Crippen LogP contribution < -0.4 is 20.1 Å². The molecule has 0 bridgehead atoms. The number of halogens is 1. The molecule has 1 unspecified atom stereocenters. The van der Waals surface area contributed by atoms with E-state index in [1.54, 1.807) is 14.2 Å². The van der Waals surface area contributed by atoms with Crippen molar-refractivity contribution in [3.63, 3.8) is 0 Å². The minimum Gasteiger partial charge on any atom is -0.493 e. The largest absolute Gasteiger partial charge is 0.493 e. The summed E-state index contributed by atoms with van der Waals surface area (Å²) in [6, 6.07) is 6.01. The first kappa shape index (κ1) is 26.8. The zero-order chi connectivity index (χ0) is 21.3. The molecule has 1 heterocycles. The smallest absolute Gasteiger partial charge is 0.191 e. The van der Waals surface area contributed by atoms with Gasteiger partial charge in [-0.05, 0) is 37.5 Å². The van der Waals surface area contributed by atoms with E-state index in [4.69, 9.17) is 19.2 Å². The van der Waals surface area contributed by atoms with Crippen LogP contribution in [0.2, 0.25) is 0 Å². The van der Waals surface area contributed by atoms with Crippen LogP contribution in [0.15, 0.2) is 23.2 Å². The first-order valence-electron chi connectivity index (χ1n) is 10.3. The molecule has 1 atom stereocenters. The fourth-order valence-corrected chi connectivity index (χ4v) is 3.55. The lowest BCUT2D eigenvalue weighted by molar-refractivity contribution is 0.127. The van der Waals surface area contributed by atoms with Crippen molar-refractivity contribution >= 4 is 29.9 Å². The summed E-state index contributed by atoms with van der Waals surface area (Å²) < 4.78 is 16.4. The van der Waals surface area contributed by atoms with E-state index >= 15 is 0 Å². The summed E-state index contributed by atoms with van der Waals surface area (Å²) >= 11 is 0. The maximum Gasteiger partial charge on any atom is 0.191 e. The normalized spacial score (nSPS) is 19.2. The Balaban J connectivity index is 0.00000450. The number of ether oxygens (including phenoxy) is 3. The van der Waals surface area contributed by atoms with E-state index < -0.39 is 0 Å². The van der Waals surface area contributed by atoms with Crippen molar-refractivity contribution in [3.8, 4) is 11.5 Å². The van der Waals surface area contributed by atoms with Gasteiger partial charge in [-0.3, -0.25) is 4.99 Å². The number of aliphatic hydroxyl groups excluding tert-OH is 1. The van der Waals surface area contributed by atoms with Crippen molar-refractivity contribution in [1.82, 2.24) is 10.6 Å².